The number of rotatable bonds is 7. The van der Waals surface area contributed by atoms with Crippen LogP contribution in [0.2, 0.25) is 0 Å². The summed E-state index contributed by atoms with van der Waals surface area (Å²) in [5, 5.41) is 9.79. The number of ether oxygens (including phenoxy) is 1. The molecular formula is C19H25NO2. The van der Waals surface area contributed by atoms with Crippen LogP contribution in [0.25, 0.3) is 0 Å². The fraction of sp³-hybridized carbons (Fsp3) is 0.368. The lowest BCUT2D eigenvalue weighted by molar-refractivity contribution is 0.141. The lowest BCUT2D eigenvalue weighted by atomic mass is 9.99. The number of aliphatic hydroxyl groups is 1. The minimum Gasteiger partial charge on any atom is -0.489 e. The molecule has 0 saturated heterocycles. The van der Waals surface area contributed by atoms with Gasteiger partial charge in [0.1, 0.15) is 12.4 Å². The van der Waals surface area contributed by atoms with Crippen LogP contribution in [0.15, 0.2) is 48.5 Å². The van der Waals surface area contributed by atoms with Gasteiger partial charge >= 0.3 is 0 Å². The molecule has 0 amide bonds. The van der Waals surface area contributed by atoms with Crippen molar-refractivity contribution >= 4 is 0 Å². The number of hydrogen-bond donors (Lipinski definition) is 2. The standard InChI is InChI=1S/C19H25NO2/c1-14-12-18(22-13-16-6-4-3-5-7-16)10-8-17(14)9-11-19(21)15(2)20/h3-8,10,12,15,19,21H,9,11,13,20H2,1-2H3. The lowest BCUT2D eigenvalue weighted by Gasteiger charge is -2.15. The van der Waals surface area contributed by atoms with E-state index >= 15 is 0 Å². The summed E-state index contributed by atoms with van der Waals surface area (Å²) in [5.41, 5.74) is 9.26. The van der Waals surface area contributed by atoms with E-state index in [1.54, 1.807) is 0 Å². The first kappa shape index (κ1) is 16.5. The molecule has 0 aliphatic rings. The highest BCUT2D eigenvalue weighted by atomic mass is 16.5. The fourth-order valence-corrected chi connectivity index (χ4v) is 2.35. The van der Waals surface area contributed by atoms with Crippen molar-refractivity contribution in [3.63, 3.8) is 0 Å². The van der Waals surface area contributed by atoms with Crippen LogP contribution in [0.1, 0.15) is 30.0 Å². The monoisotopic (exact) mass is 299 g/mol. The van der Waals surface area contributed by atoms with Crippen molar-refractivity contribution in [2.75, 3.05) is 0 Å². The molecule has 118 valence electrons. The molecule has 0 spiro atoms. The van der Waals surface area contributed by atoms with E-state index in [-0.39, 0.29) is 6.04 Å². The Hall–Kier alpha value is -1.84. The van der Waals surface area contributed by atoms with Gasteiger partial charge in [-0.25, -0.2) is 0 Å². The molecule has 0 aliphatic heterocycles. The van der Waals surface area contributed by atoms with Gasteiger partial charge in [0.05, 0.1) is 6.10 Å². The van der Waals surface area contributed by atoms with Gasteiger partial charge in [0.25, 0.3) is 0 Å². The Balaban J connectivity index is 1.91. The molecule has 2 aromatic carbocycles. The molecule has 2 atom stereocenters. The van der Waals surface area contributed by atoms with Crippen molar-refractivity contribution in [2.24, 2.45) is 5.73 Å². The molecule has 0 bridgehead atoms. The summed E-state index contributed by atoms with van der Waals surface area (Å²) >= 11 is 0. The van der Waals surface area contributed by atoms with Crippen LogP contribution in [-0.4, -0.2) is 17.3 Å². The highest BCUT2D eigenvalue weighted by Gasteiger charge is 2.10. The molecule has 2 unspecified atom stereocenters. The Morgan fingerprint density at radius 1 is 1.14 bits per heavy atom. The predicted molar refractivity (Wildman–Crippen MR) is 89.9 cm³/mol. The second kappa shape index (κ2) is 7.97. The Labute approximate surface area is 132 Å². The SMILES string of the molecule is Cc1cc(OCc2ccccc2)ccc1CCC(O)C(C)N. The largest absolute Gasteiger partial charge is 0.489 e. The highest BCUT2D eigenvalue weighted by molar-refractivity contribution is 5.35. The molecule has 2 aromatic rings. The first-order chi connectivity index (χ1) is 10.6. The zero-order valence-electron chi connectivity index (χ0n) is 13.3. The van der Waals surface area contributed by atoms with Crippen LogP contribution in [0, 0.1) is 6.92 Å². The van der Waals surface area contributed by atoms with Gasteiger partial charge in [-0.3, -0.25) is 0 Å². The zero-order chi connectivity index (χ0) is 15.9. The van der Waals surface area contributed by atoms with Gasteiger partial charge in [0.2, 0.25) is 0 Å². The summed E-state index contributed by atoms with van der Waals surface area (Å²) in [6.45, 7) is 4.48. The van der Waals surface area contributed by atoms with Crippen molar-refractivity contribution in [1.29, 1.82) is 0 Å². The molecule has 0 aromatic heterocycles. The summed E-state index contributed by atoms with van der Waals surface area (Å²) in [6, 6.07) is 16.1. The molecule has 0 fully saturated rings. The fourth-order valence-electron chi connectivity index (χ4n) is 2.35. The van der Waals surface area contributed by atoms with Gasteiger partial charge in [-0.2, -0.15) is 0 Å². The van der Waals surface area contributed by atoms with Crippen molar-refractivity contribution < 1.29 is 9.84 Å². The van der Waals surface area contributed by atoms with Crippen LogP contribution >= 0.6 is 0 Å². The number of aryl methyl sites for hydroxylation is 2. The summed E-state index contributed by atoms with van der Waals surface area (Å²) in [4.78, 5) is 0. The van der Waals surface area contributed by atoms with E-state index < -0.39 is 6.10 Å². The summed E-state index contributed by atoms with van der Waals surface area (Å²) in [6.07, 6.45) is 1.06. The van der Waals surface area contributed by atoms with E-state index in [2.05, 4.69) is 31.2 Å². The maximum Gasteiger partial charge on any atom is 0.120 e. The van der Waals surface area contributed by atoms with Crippen LogP contribution in [-0.2, 0) is 13.0 Å². The minimum atomic E-state index is -0.451. The van der Waals surface area contributed by atoms with Crippen molar-refractivity contribution in [3.05, 3.63) is 65.2 Å². The van der Waals surface area contributed by atoms with E-state index in [1.807, 2.05) is 31.2 Å². The average molecular weight is 299 g/mol. The summed E-state index contributed by atoms with van der Waals surface area (Å²) < 4.78 is 5.82. The molecule has 22 heavy (non-hydrogen) atoms. The van der Waals surface area contributed by atoms with E-state index in [4.69, 9.17) is 10.5 Å². The van der Waals surface area contributed by atoms with Crippen molar-refractivity contribution in [3.8, 4) is 5.75 Å². The number of hydrogen-bond acceptors (Lipinski definition) is 3. The predicted octanol–water partition coefficient (Wildman–Crippen LogP) is 3.21. The summed E-state index contributed by atoms with van der Waals surface area (Å²) in [7, 11) is 0. The lowest BCUT2D eigenvalue weighted by Crippen LogP contribution is -2.31. The van der Waals surface area contributed by atoms with Gasteiger partial charge in [-0.05, 0) is 55.5 Å². The zero-order valence-corrected chi connectivity index (χ0v) is 13.3. The Morgan fingerprint density at radius 3 is 2.50 bits per heavy atom. The Bertz CT molecular complexity index is 581. The number of nitrogens with two attached hydrogens (primary N) is 1. The van der Waals surface area contributed by atoms with Crippen LogP contribution in [0.4, 0.5) is 0 Å². The average Bonchev–Trinajstić information content (AvgIpc) is 2.52. The molecular weight excluding hydrogens is 274 g/mol. The van der Waals surface area contributed by atoms with Crippen LogP contribution in [0.5, 0.6) is 5.75 Å². The molecule has 0 radical (unpaired) electrons. The summed E-state index contributed by atoms with van der Waals surface area (Å²) in [5.74, 6) is 0.873. The Kier molecular flexibility index (Phi) is 5.99. The van der Waals surface area contributed by atoms with Gasteiger partial charge in [-0.15, -0.1) is 0 Å². The minimum absolute atomic E-state index is 0.186. The van der Waals surface area contributed by atoms with E-state index in [0.29, 0.717) is 13.0 Å². The van der Waals surface area contributed by atoms with Gasteiger partial charge < -0.3 is 15.6 Å². The molecule has 3 N–H and O–H groups in total. The topological polar surface area (TPSA) is 55.5 Å². The van der Waals surface area contributed by atoms with Crippen LogP contribution < -0.4 is 10.5 Å². The molecule has 3 nitrogen and oxygen atoms in total. The first-order valence-corrected chi connectivity index (χ1v) is 7.76. The highest BCUT2D eigenvalue weighted by Crippen LogP contribution is 2.20. The molecule has 0 aliphatic carbocycles. The third-order valence-electron chi connectivity index (χ3n) is 3.88. The normalized spacial score (nSPS) is 13.6. The second-order valence-electron chi connectivity index (χ2n) is 5.83. The van der Waals surface area contributed by atoms with E-state index in [0.717, 1.165) is 17.7 Å². The maximum absolute atomic E-state index is 9.79. The molecule has 0 saturated carbocycles. The van der Waals surface area contributed by atoms with Crippen molar-refractivity contribution in [1.82, 2.24) is 0 Å². The number of aliphatic hydroxyl groups excluding tert-OH is 1. The number of benzene rings is 2. The van der Waals surface area contributed by atoms with Crippen molar-refractivity contribution in [2.45, 2.75) is 45.4 Å². The van der Waals surface area contributed by atoms with Crippen LogP contribution in [0.3, 0.4) is 0 Å². The van der Waals surface area contributed by atoms with Gasteiger partial charge in [0, 0.05) is 6.04 Å². The van der Waals surface area contributed by atoms with Gasteiger partial charge in [-0.1, -0.05) is 36.4 Å². The van der Waals surface area contributed by atoms with E-state index in [1.165, 1.54) is 11.1 Å². The van der Waals surface area contributed by atoms with Gasteiger partial charge in [0.15, 0.2) is 0 Å². The quantitative estimate of drug-likeness (QED) is 0.825. The first-order valence-electron chi connectivity index (χ1n) is 7.76. The maximum atomic E-state index is 9.79. The smallest absolute Gasteiger partial charge is 0.120 e. The third kappa shape index (κ3) is 4.86. The molecule has 2 rings (SSSR count). The molecule has 3 heteroatoms. The second-order valence-corrected chi connectivity index (χ2v) is 5.83. The Morgan fingerprint density at radius 2 is 1.86 bits per heavy atom. The van der Waals surface area contributed by atoms with E-state index in [9.17, 15) is 5.11 Å². The third-order valence-corrected chi connectivity index (χ3v) is 3.88. The molecule has 0 heterocycles.